The quantitative estimate of drug-likeness (QED) is 0.763. The van der Waals surface area contributed by atoms with Gasteiger partial charge in [-0.3, -0.25) is 4.79 Å². The van der Waals surface area contributed by atoms with Gasteiger partial charge in [0.05, 0.1) is 17.4 Å². The van der Waals surface area contributed by atoms with E-state index >= 15 is 0 Å². The van der Waals surface area contributed by atoms with Gasteiger partial charge in [-0.15, -0.1) is 0 Å². The maximum absolute atomic E-state index is 13.4. The first-order valence-corrected chi connectivity index (χ1v) is 6.86. The second-order valence-corrected chi connectivity index (χ2v) is 5.91. The highest BCUT2D eigenvalue weighted by Crippen LogP contribution is 2.14. The van der Waals surface area contributed by atoms with Crippen molar-refractivity contribution in [3.8, 4) is 0 Å². The summed E-state index contributed by atoms with van der Waals surface area (Å²) in [4.78, 5) is 11.7. The summed E-state index contributed by atoms with van der Waals surface area (Å²) < 4.78 is 35.7. The summed E-state index contributed by atoms with van der Waals surface area (Å²) in [5, 5.41) is 3.45. The highest BCUT2D eigenvalue weighted by Gasteiger charge is 2.24. The van der Waals surface area contributed by atoms with Crippen LogP contribution in [0.25, 0.3) is 0 Å². The lowest BCUT2D eigenvalue weighted by Crippen LogP contribution is -2.35. The lowest BCUT2D eigenvalue weighted by atomic mass is 10.1. The molecule has 1 amide bonds. The number of rotatable bonds is 2. The predicted octanol–water partition coefficient (Wildman–Crippen LogP) is 0.448. The van der Waals surface area contributed by atoms with Crippen LogP contribution < -0.4 is 11.1 Å². The molecule has 18 heavy (non-hydrogen) atoms. The Morgan fingerprint density at radius 1 is 1.44 bits per heavy atom. The van der Waals surface area contributed by atoms with Gasteiger partial charge in [0.1, 0.15) is 5.82 Å². The molecule has 1 unspecified atom stereocenters. The molecule has 0 fully saturated rings. The fraction of sp³-hybridized carbons (Fsp3) is 0.182. The highest BCUT2D eigenvalue weighted by atomic mass is 32.2. The molecular formula is C11H11FN2O3S. The van der Waals surface area contributed by atoms with Gasteiger partial charge in [0, 0.05) is 11.1 Å². The molecule has 1 heterocycles. The van der Waals surface area contributed by atoms with Gasteiger partial charge in [0.2, 0.25) is 0 Å². The first-order valence-electron chi connectivity index (χ1n) is 5.14. The van der Waals surface area contributed by atoms with Crippen LogP contribution in [0.5, 0.6) is 0 Å². The van der Waals surface area contributed by atoms with E-state index in [0.717, 1.165) is 11.5 Å². The molecule has 5 nitrogen and oxygen atoms in total. The fourth-order valence-electron chi connectivity index (χ4n) is 1.63. The number of hydrogen-bond donors (Lipinski definition) is 2. The zero-order valence-corrected chi connectivity index (χ0v) is 10.1. The topological polar surface area (TPSA) is 89.3 Å². The number of hydrogen-bond acceptors (Lipinski definition) is 4. The number of nitrogens with one attached hydrogen (secondary N) is 1. The van der Waals surface area contributed by atoms with Crippen molar-refractivity contribution in [2.45, 2.75) is 6.04 Å². The summed E-state index contributed by atoms with van der Waals surface area (Å²) in [5.74, 6) is -1.60. The molecule has 0 spiro atoms. The Balaban J connectivity index is 2.14. The van der Waals surface area contributed by atoms with Crippen molar-refractivity contribution < 1.29 is 17.6 Å². The summed E-state index contributed by atoms with van der Waals surface area (Å²) in [6.45, 7) is 0. The number of carbonyl (C=O) groups excluding carboxylic acids is 1. The minimum atomic E-state index is -3.26. The van der Waals surface area contributed by atoms with E-state index in [9.17, 15) is 17.6 Å². The first kappa shape index (κ1) is 12.6. The zero-order valence-electron chi connectivity index (χ0n) is 9.26. The monoisotopic (exact) mass is 270 g/mol. The van der Waals surface area contributed by atoms with Crippen LogP contribution in [0.1, 0.15) is 10.4 Å². The summed E-state index contributed by atoms with van der Waals surface area (Å²) in [6.07, 6.45) is 1.36. The molecule has 1 aromatic carbocycles. The van der Waals surface area contributed by atoms with Crippen molar-refractivity contribution >= 4 is 21.4 Å². The third-order valence-electron chi connectivity index (χ3n) is 2.48. The van der Waals surface area contributed by atoms with E-state index in [1.165, 1.54) is 18.2 Å². The van der Waals surface area contributed by atoms with E-state index in [4.69, 9.17) is 5.73 Å². The summed E-state index contributed by atoms with van der Waals surface area (Å²) in [7, 11) is -3.26. The maximum Gasteiger partial charge on any atom is 0.254 e. The van der Waals surface area contributed by atoms with Crippen LogP contribution in [0, 0.1) is 5.82 Å². The Morgan fingerprint density at radius 3 is 2.78 bits per heavy atom. The first-order chi connectivity index (χ1) is 8.37. The number of carbonyl (C=O) groups is 1. The van der Waals surface area contributed by atoms with Crippen LogP contribution in [-0.4, -0.2) is 26.1 Å². The maximum atomic E-state index is 13.4. The number of nitrogen functional groups attached to an aromatic ring is 1. The second-order valence-electron chi connectivity index (χ2n) is 3.98. The molecule has 96 valence electrons. The van der Waals surface area contributed by atoms with E-state index in [-0.39, 0.29) is 17.0 Å². The molecule has 1 atom stereocenters. The SMILES string of the molecule is Nc1ccc(F)c(C(=O)NC2C=CS(=O)(=O)C2)c1. The molecular weight excluding hydrogens is 259 g/mol. The van der Waals surface area contributed by atoms with Crippen LogP contribution in [-0.2, 0) is 9.84 Å². The van der Waals surface area contributed by atoms with Crippen LogP contribution in [0.4, 0.5) is 10.1 Å². The molecule has 0 radical (unpaired) electrons. The molecule has 1 aliphatic heterocycles. The molecule has 3 N–H and O–H groups in total. The van der Waals surface area contributed by atoms with Crippen LogP contribution in [0.3, 0.4) is 0 Å². The fourth-order valence-corrected chi connectivity index (χ4v) is 2.86. The third-order valence-corrected chi connectivity index (χ3v) is 3.88. The van der Waals surface area contributed by atoms with Crippen molar-refractivity contribution in [3.05, 3.63) is 41.1 Å². The minimum absolute atomic E-state index is 0.201. The minimum Gasteiger partial charge on any atom is -0.399 e. The molecule has 2 rings (SSSR count). The molecule has 0 bridgehead atoms. The average molecular weight is 270 g/mol. The van der Waals surface area contributed by atoms with Crippen molar-refractivity contribution in [1.29, 1.82) is 0 Å². The molecule has 0 saturated carbocycles. The molecule has 1 aromatic rings. The van der Waals surface area contributed by atoms with E-state index in [2.05, 4.69) is 5.32 Å². The van der Waals surface area contributed by atoms with Crippen molar-refractivity contribution in [3.63, 3.8) is 0 Å². The number of halogens is 1. The van der Waals surface area contributed by atoms with E-state index < -0.39 is 27.6 Å². The lowest BCUT2D eigenvalue weighted by molar-refractivity contribution is 0.0943. The largest absolute Gasteiger partial charge is 0.399 e. The normalized spacial score (nSPS) is 20.8. The van der Waals surface area contributed by atoms with E-state index in [1.807, 2.05) is 0 Å². The number of anilines is 1. The Hall–Kier alpha value is -1.89. The molecule has 0 aliphatic carbocycles. The summed E-state index contributed by atoms with van der Waals surface area (Å²) >= 11 is 0. The average Bonchev–Trinajstić information content (AvgIpc) is 2.61. The Morgan fingerprint density at radius 2 is 2.17 bits per heavy atom. The smallest absolute Gasteiger partial charge is 0.254 e. The number of sulfone groups is 1. The summed E-state index contributed by atoms with van der Waals surface area (Å²) in [6, 6.07) is 3.00. The van der Waals surface area contributed by atoms with Gasteiger partial charge < -0.3 is 11.1 Å². The summed E-state index contributed by atoms with van der Waals surface area (Å²) in [5.41, 5.74) is 5.52. The predicted molar refractivity (Wildman–Crippen MR) is 65.0 cm³/mol. The molecule has 0 aromatic heterocycles. The number of amides is 1. The van der Waals surface area contributed by atoms with Crippen molar-refractivity contribution in [2.24, 2.45) is 0 Å². The third kappa shape index (κ3) is 2.67. The Bertz CT molecular complexity index is 625. The van der Waals surface area contributed by atoms with E-state index in [1.54, 1.807) is 0 Å². The van der Waals surface area contributed by atoms with Gasteiger partial charge in [-0.25, -0.2) is 12.8 Å². The Kier molecular flexibility index (Phi) is 3.08. The van der Waals surface area contributed by atoms with Gasteiger partial charge >= 0.3 is 0 Å². The van der Waals surface area contributed by atoms with Crippen molar-refractivity contribution in [1.82, 2.24) is 5.32 Å². The van der Waals surface area contributed by atoms with Gasteiger partial charge in [0.15, 0.2) is 9.84 Å². The second kappa shape index (κ2) is 4.41. The van der Waals surface area contributed by atoms with Gasteiger partial charge in [-0.1, -0.05) is 0 Å². The number of benzene rings is 1. The van der Waals surface area contributed by atoms with Crippen LogP contribution in [0.15, 0.2) is 29.7 Å². The molecule has 7 heteroatoms. The molecule has 0 saturated heterocycles. The zero-order chi connectivity index (χ0) is 13.3. The van der Waals surface area contributed by atoms with E-state index in [0.29, 0.717) is 0 Å². The lowest BCUT2D eigenvalue weighted by Gasteiger charge is -2.10. The van der Waals surface area contributed by atoms with Gasteiger partial charge in [-0.05, 0) is 24.3 Å². The van der Waals surface area contributed by atoms with Crippen LogP contribution >= 0.6 is 0 Å². The molecule has 1 aliphatic rings. The Labute approximate surface area is 103 Å². The van der Waals surface area contributed by atoms with Gasteiger partial charge in [0.25, 0.3) is 5.91 Å². The van der Waals surface area contributed by atoms with Crippen molar-refractivity contribution in [2.75, 3.05) is 11.5 Å². The number of nitrogens with two attached hydrogens (primary N) is 1. The standard InChI is InChI=1S/C11H11FN2O3S/c12-10-2-1-7(13)5-9(10)11(15)14-8-3-4-18(16,17)6-8/h1-5,8H,6,13H2,(H,14,15). The van der Waals surface area contributed by atoms with Crippen LogP contribution in [0.2, 0.25) is 0 Å². The highest BCUT2D eigenvalue weighted by molar-refractivity contribution is 7.94. The van der Waals surface area contributed by atoms with Gasteiger partial charge in [-0.2, -0.15) is 0 Å².